The molecular formula is C14H22N2O2S. The van der Waals surface area contributed by atoms with Crippen molar-refractivity contribution in [2.24, 2.45) is 0 Å². The third-order valence-electron chi connectivity index (χ3n) is 3.96. The normalized spacial score (nSPS) is 24.3. The van der Waals surface area contributed by atoms with Crippen molar-refractivity contribution < 1.29 is 8.42 Å². The van der Waals surface area contributed by atoms with Gasteiger partial charge in [-0.2, -0.15) is 0 Å². The number of nitrogens with one attached hydrogen (secondary N) is 1. The van der Waals surface area contributed by atoms with E-state index in [4.69, 9.17) is 0 Å². The van der Waals surface area contributed by atoms with E-state index < -0.39 is 9.84 Å². The van der Waals surface area contributed by atoms with Gasteiger partial charge in [0.05, 0.1) is 5.25 Å². The Hall–Kier alpha value is -0.940. The van der Waals surface area contributed by atoms with Crippen molar-refractivity contribution >= 4 is 9.84 Å². The zero-order valence-corrected chi connectivity index (χ0v) is 12.4. The lowest BCUT2D eigenvalue weighted by atomic mass is 9.94. The molecular weight excluding hydrogens is 260 g/mol. The summed E-state index contributed by atoms with van der Waals surface area (Å²) >= 11 is 0. The van der Waals surface area contributed by atoms with Gasteiger partial charge in [0.25, 0.3) is 0 Å². The lowest BCUT2D eigenvalue weighted by Gasteiger charge is -2.29. The Kier molecular flexibility index (Phi) is 4.58. The fraction of sp³-hybridized carbons (Fsp3) is 0.643. The van der Waals surface area contributed by atoms with Gasteiger partial charge >= 0.3 is 0 Å². The summed E-state index contributed by atoms with van der Waals surface area (Å²) in [6.45, 7) is 2.83. The highest BCUT2D eigenvalue weighted by Gasteiger charge is 2.28. The number of hydrogen-bond donors (Lipinski definition) is 1. The highest BCUT2D eigenvalue weighted by Crippen LogP contribution is 2.24. The first-order valence-electron chi connectivity index (χ1n) is 6.78. The van der Waals surface area contributed by atoms with Crippen LogP contribution >= 0.6 is 0 Å². The van der Waals surface area contributed by atoms with Gasteiger partial charge < -0.3 is 5.32 Å². The Morgan fingerprint density at radius 3 is 2.89 bits per heavy atom. The van der Waals surface area contributed by atoms with E-state index in [0.717, 1.165) is 32.2 Å². The van der Waals surface area contributed by atoms with Crippen LogP contribution in [0, 0.1) is 6.92 Å². The Bertz CT molecular complexity index is 528. The second kappa shape index (κ2) is 6.01. The van der Waals surface area contributed by atoms with Crippen molar-refractivity contribution in [1.29, 1.82) is 0 Å². The molecule has 0 spiro atoms. The smallest absolute Gasteiger partial charge is 0.150 e. The Morgan fingerprint density at radius 1 is 1.42 bits per heavy atom. The van der Waals surface area contributed by atoms with E-state index in [1.54, 1.807) is 6.20 Å². The molecule has 19 heavy (non-hydrogen) atoms. The van der Waals surface area contributed by atoms with Gasteiger partial charge in [0.1, 0.15) is 9.84 Å². The van der Waals surface area contributed by atoms with Crippen LogP contribution in [0.3, 0.4) is 0 Å². The van der Waals surface area contributed by atoms with Crippen LogP contribution in [0.1, 0.15) is 36.8 Å². The van der Waals surface area contributed by atoms with E-state index in [1.807, 2.05) is 12.3 Å². The maximum Gasteiger partial charge on any atom is 0.150 e. The third kappa shape index (κ3) is 4.01. The highest BCUT2D eigenvalue weighted by atomic mass is 32.2. The molecule has 106 valence electrons. The molecule has 1 saturated carbocycles. The quantitative estimate of drug-likeness (QED) is 0.915. The van der Waals surface area contributed by atoms with Crippen LogP contribution in [-0.4, -0.2) is 30.9 Å². The summed E-state index contributed by atoms with van der Waals surface area (Å²) < 4.78 is 23.2. The monoisotopic (exact) mass is 282 g/mol. The van der Waals surface area contributed by atoms with Crippen molar-refractivity contribution in [1.82, 2.24) is 10.3 Å². The summed E-state index contributed by atoms with van der Waals surface area (Å²) in [5.41, 5.74) is 2.40. The van der Waals surface area contributed by atoms with E-state index >= 15 is 0 Å². The van der Waals surface area contributed by atoms with Crippen LogP contribution < -0.4 is 5.32 Å². The fourth-order valence-electron chi connectivity index (χ4n) is 2.66. The first kappa shape index (κ1) is 14.5. The highest BCUT2D eigenvalue weighted by molar-refractivity contribution is 7.91. The molecule has 1 aliphatic carbocycles. The van der Waals surface area contributed by atoms with Gasteiger partial charge in [-0.25, -0.2) is 8.42 Å². The SMILES string of the molecule is Cc1ccncc1CNC1CCCC(S(C)(=O)=O)C1. The number of aromatic nitrogens is 1. The Balaban J connectivity index is 1.92. The number of aryl methyl sites for hydroxylation is 1. The molecule has 1 heterocycles. The topological polar surface area (TPSA) is 59.1 Å². The maximum atomic E-state index is 11.6. The van der Waals surface area contributed by atoms with Crippen LogP contribution in [0.25, 0.3) is 0 Å². The summed E-state index contributed by atoms with van der Waals surface area (Å²) in [7, 11) is -2.90. The lowest BCUT2D eigenvalue weighted by molar-refractivity contribution is 0.370. The zero-order valence-electron chi connectivity index (χ0n) is 11.6. The molecule has 5 heteroatoms. The van der Waals surface area contributed by atoms with Crippen molar-refractivity contribution in [2.75, 3.05) is 6.26 Å². The largest absolute Gasteiger partial charge is 0.310 e. The second-order valence-electron chi connectivity index (χ2n) is 5.50. The second-order valence-corrected chi connectivity index (χ2v) is 7.82. The number of hydrogen-bond acceptors (Lipinski definition) is 4. The van der Waals surface area contributed by atoms with Gasteiger partial charge in [0.2, 0.25) is 0 Å². The van der Waals surface area contributed by atoms with Crippen molar-refractivity contribution in [2.45, 2.75) is 50.4 Å². The molecule has 0 amide bonds. The van der Waals surface area contributed by atoms with Gasteiger partial charge in [-0.3, -0.25) is 4.98 Å². The molecule has 2 atom stereocenters. The number of nitrogens with zero attached hydrogens (tertiary/aromatic N) is 1. The average Bonchev–Trinajstić information content (AvgIpc) is 2.37. The zero-order chi connectivity index (χ0) is 13.9. The molecule has 0 radical (unpaired) electrons. The summed E-state index contributed by atoms with van der Waals surface area (Å²) in [6.07, 6.45) is 8.61. The van der Waals surface area contributed by atoms with E-state index in [-0.39, 0.29) is 5.25 Å². The first-order valence-corrected chi connectivity index (χ1v) is 8.74. The Labute approximate surface area is 115 Å². The third-order valence-corrected chi connectivity index (χ3v) is 5.60. The van der Waals surface area contributed by atoms with Crippen LogP contribution in [-0.2, 0) is 16.4 Å². The molecule has 2 rings (SSSR count). The summed E-state index contributed by atoms with van der Waals surface area (Å²) in [5, 5.41) is 3.30. The van der Waals surface area contributed by atoms with E-state index in [1.165, 1.54) is 17.4 Å². The summed E-state index contributed by atoms with van der Waals surface area (Å²) in [6, 6.07) is 2.30. The van der Waals surface area contributed by atoms with Gasteiger partial charge in [-0.15, -0.1) is 0 Å². The van der Waals surface area contributed by atoms with Gasteiger partial charge in [0, 0.05) is 31.2 Å². The van der Waals surface area contributed by atoms with Crippen LogP contribution in [0.5, 0.6) is 0 Å². The predicted octanol–water partition coefficient (Wildman–Crippen LogP) is 1.84. The molecule has 1 N–H and O–H groups in total. The van der Waals surface area contributed by atoms with E-state index in [2.05, 4.69) is 17.2 Å². The molecule has 1 aromatic rings. The van der Waals surface area contributed by atoms with Crippen molar-refractivity contribution in [3.8, 4) is 0 Å². The average molecular weight is 282 g/mol. The van der Waals surface area contributed by atoms with Gasteiger partial charge in [-0.1, -0.05) is 6.42 Å². The summed E-state index contributed by atoms with van der Waals surface area (Å²) in [4.78, 5) is 4.13. The molecule has 0 aliphatic heterocycles. The standard InChI is InChI=1S/C14H22N2O2S/c1-11-6-7-15-9-12(11)10-16-13-4-3-5-14(8-13)19(2,17)18/h6-7,9,13-14,16H,3-5,8,10H2,1-2H3. The minimum absolute atomic E-state index is 0.172. The minimum atomic E-state index is -2.90. The summed E-state index contributed by atoms with van der Waals surface area (Å²) in [5.74, 6) is 0. The molecule has 0 saturated heterocycles. The van der Waals surface area contributed by atoms with E-state index in [9.17, 15) is 8.42 Å². The van der Waals surface area contributed by atoms with Crippen LogP contribution in [0.2, 0.25) is 0 Å². The number of sulfone groups is 1. The van der Waals surface area contributed by atoms with Crippen molar-refractivity contribution in [3.63, 3.8) is 0 Å². The van der Waals surface area contributed by atoms with Crippen molar-refractivity contribution in [3.05, 3.63) is 29.6 Å². The first-order chi connectivity index (χ1) is 8.97. The minimum Gasteiger partial charge on any atom is -0.310 e. The van der Waals surface area contributed by atoms with Gasteiger partial charge in [0.15, 0.2) is 0 Å². The lowest BCUT2D eigenvalue weighted by Crippen LogP contribution is -2.38. The molecule has 1 fully saturated rings. The Morgan fingerprint density at radius 2 is 2.21 bits per heavy atom. The molecule has 2 unspecified atom stereocenters. The van der Waals surface area contributed by atoms with Gasteiger partial charge in [-0.05, 0) is 43.4 Å². The molecule has 1 aromatic heterocycles. The molecule has 0 bridgehead atoms. The number of rotatable bonds is 4. The predicted molar refractivity (Wildman–Crippen MR) is 76.7 cm³/mol. The maximum absolute atomic E-state index is 11.6. The van der Waals surface area contributed by atoms with Crippen LogP contribution in [0.4, 0.5) is 0 Å². The van der Waals surface area contributed by atoms with E-state index in [0.29, 0.717) is 6.04 Å². The fourth-order valence-corrected chi connectivity index (χ4v) is 3.83. The molecule has 1 aliphatic rings. The molecule has 0 aromatic carbocycles. The number of pyridine rings is 1. The molecule has 4 nitrogen and oxygen atoms in total. The van der Waals surface area contributed by atoms with Crippen LogP contribution in [0.15, 0.2) is 18.5 Å².